The van der Waals surface area contributed by atoms with Crippen molar-refractivity contribution in [1.82, 2.24) is 10.0 Å². The molecular weight excluding hydrogens is 527 g/mol. The van der Waals surface area contributed by atoms with Gasteiger partial charge in [0.2, 0.25) is 0 Å². The lowest BCUT2D eigenvalue weighted by Gasteiger charge is -2.41. The summed E-state index contributed by atoms with van der Waals surface area (Å²) in [7, 11) is 0. The van der Waals surface area contributed by atoms with Crippen LogP contribution in [0.5, 0.6) is 5.75 Å². The van der Waals surface area contributed by atoms with Gasteiger partial charge >= 0.3 is 12.2 Å². The van der Waals surface area contributed by atoms with Gasteiger partial charge in [-0.15, -0.1) is 0 Å². The van der Waals surface area contributed by atoms with Gasteiger partial charge in [-0.25, -0.2) is 10.3 Å². The summed E-state index contributed by atoms with van der Waals surface area (Å²) in [6, 6.07) is 19.3. The number of alkyl halides is 3. The van der Waals surface area contributed by atoms with Crippen LogP contribution in [0.2, 0.25) is 0 Å². The number of ether oxygens (including phenoxy) is 1. The summed E-state index contributed by atoms with van der Waals surface area (Å²) >= 11 is 0. The monoisotopic (exact) mass is 551 g/mol. The van der Waals surface area contributed by atoms with Crippen molar-refractivity contribution in [2.45, 2.75) is 12.3 Å². The SMILES string of the molecule is O=C(Nc1ccc(OC2CN(c3cccc(C(=O)NO)c3-n3cccc3)C2)cc1)Nc1cccc(C(F)(F)F)c1. The van der Waals surface area contributed by atoms with Gasteiger partial charge in [0.25, 0.3) is 5.91 Å². The zero-order valence-electron chi connectivity index (χ0n) is 20.9. The Balaban J connectivity index is 1.18. The normalized spacial score (nSPS) is 13.3. The first-order chi connectivity index (χ1) is 19.2. The molecule has 5 rings (SSSR count). The lowest BCUT2D eigenvalue weighted by atomic mass is 10.0. The lowest BCUT2D eigenvalue weighted by Crippen LogP contribution is -2.54. The molecule has 1 aromatic heterocycles. The number of amides is 3. The van der Waals surface area contributed by atoms with E-state index in [9.17, 15) is 28.0 Å². The molecule has 0 saturated carbocycles. The highest BCUT2D eigenvalue weighted by atomic mass is 19.4. The second-order valence-electron chi connectivity index (χ2n) is 9.03. The van der Waals surface area contributed by atoms with Crippen LogP contribution in [0, 0.1) is 0 Å². The molecule has 9 nitrogen and oxygen atoms in total. The Morgan fingerprint density at radius 2 is 1.55 bits per heavy atom. The van der Waals surface area contributed by atoms with Gasteiger partial charge in [-0.1, -0.05) is 12.1 Å². The highest BCUT2D eigenvalue weighted by Gasteiger charge is 2.32. The number of carbonyl (C=O) groups is 2. The molecule has 0 unspecified atom stereocenters. The average Bonchev–Trinajstić information content (AvgIpc) is 3.45. The van der Waals surface area contributed by atoms with Gasteiger partial charge in [-0.05, 0) is 66.7 Å². The van der Waals surface area contributed by atoms with E-state index < -0.39 is 23.7 Å². The van der Waals surface area contributed by atoms with E-state index in [1.165, 1.54) is 12.1 Å². The Hall–Kier alpha value is -4.97. The molecule has 3 amide bonds. The zero-order chi connectivity index (χ0) is 28.3. The first-order valence-electron chi connectivity index (χ1n) is 12.2. The minimum Gasteiger partial charge on any atom is -0.487 e. The summed E-state index contributed by atoms with van der Waals surface area (Å²) in [5, 5.41) is 14.1. The van der Waals surface area contributed by atoms with Crippen molar-refractivity contribution in [3.05, 3.63) is 102 Å². The molecule has 0 bridgehead atoms. The van der Waals surface area contributed by atoms with Crippen LogP contribution in [-0.2, 0) is 6.18 Å². The number of hydrogen-bond donors (Lipinski definition) is 4. The zero-order valence-corrected chi connectivity index (χ0v) is 20.9. The molecule has 4 N–H and O–H groups in total. The van der Waals surface area contributed by atoms with E-state index in [0.29, 0.717) is 35.8 Å². The summed E-state index contributed by atoms with van der Waals surface area (Å²) in [5.41, 5.74) is 3.06. The Bertz CT molecular complexity index is 1500. The van der Waals surface area contributed by atoms with E-state index in [1.54, 1.807) is 41.9 Å². The Labute approximate surface area is 226 Å². The van der Waals surface area contributed by atoms with Crippen LogP contribution in [0.3, 0.4) is 0 Å². The molecule has 12 heteroatoms. The number of hydrogen-bond acceptors (Lipinski definition) is 5. The fraction of sp³-hybridized carbons (Fsp3) is 0.143. The van der Waals surface area contributed by atoms with Crippen LogP contribution in [-0.4, -0.2) is 40.9 Å². The molecule has 4 aromatic rings. The highest BCUT2D eigenvalue weighted by Crippen LogP contribution is 2.33. The number of anilines is 3. The number of nitrogens with zero attached hydrogens (tertiary/aromatic N) is 2. The molecule has 0 spiro atoms. The standard InChI is InChI=1S/C28H24F3N5O4/c29-28(30,31)18-5-3-6-20(15-18)33-27(38)32-19-9-11-21(12-10-19)40-22-16-36(17-22)24-8-4-7-23(26(37)34-39)25(24)35-13-1-2-14-35/h1-15,22,39H,16-17H2,(H,34,37)(H2,32,33,38). The Kier molecular flexibility index (Phi) is 7.34. The molecule has 2 heterocycles. The highest BCUT2D eigenvalue weighted by molar-refractivity contribution is 6.00. The summed E-state index contributed by atoms with van der Waals surface area (Å²) in [6.45, 7) is 1.11. The van der Waals surface area contributed by atoms with Crippen LogP contribution in [0.15, 0.2) is 91.3 Å². The maximum absolute atomic E-state index is 12.9. The van der Waals surface area contributed by atoms with Crippen molar-refractivity contribution in [3.63, 3.8) is 0 Å². The number of carbonyl (C=O) groups excluding carboxylic acids is 2. The number of rotatable bonds is 7. The number of benzene rings is 3. The number of para-hydroxylation sites is 1. The molecule has 1 fully saturated rings. The molecule has 1 saturated heterocycles. The molecule has 1 aliphatic rings. The predicted octanol–water partition coefficient (Wildman–Crippen LogP) is 5.53. The molecule has 0 aliphatic carbocycles. The van der Waals surface area contributed by atoms with Gasteiger partial charge in [-0.3, -0.25) is 10.0 Å². The number of hydroxylamine groups is 1. The second-order valence-corrected chi connectivity index (χ2v) is 9.03. The van der Waals surface area contributed by atoms with Gasteiger partial charge in [0.05, 0.1) is 35.6 Å². The number of urea groups is 1. The average molecular weight is 552 g/mol. The summed E-state index contributed by atoms with van der Waals surface area (Å²) in [4.78, 5) is 26.6. The van der Waals surface area contributed by atoms with Gasteiger partial charge in [0, 0.05) is 23.8 Å². The minimum atomic E-state index is -4.51. The van der Waals surface area contributed by atoms with Crippen molar-refractivity contribution in [1.29, 1.82) is 0 Å². The maximum atomic E-state index is 12.9. The van der Waals surface area contributed by atoms with Crippen LogP contribution >= 0.6 is 0 Å². The predicted molar refractivity (Wildman–Crippen MR) is 142 cm³/mol. The molecule has 1 aliphatic heterocycles. The third-order valence-corrected chi connectivity index (χ3v) is 6.27. The van der Waals surface area contributed by atoms with E-state index in [4.69, 9.17) is 4.74 Å². The van der Waals surface area contributed by atoms with E-state index in [1.807, 2.05) is 35.2 Å². The number of nitrogens with one attached hydrogen (secondary N) is 3. The van der Waals surface area contributed by atoms with Crippen LogP contribution < -0.4 is 25.8 Å². The summed E-state index contributed by atoms with van der Waals surface area (Å²) < 4.78 is 46.5. The van der Waals surface area contributed by atoms with E-state index in [0.717, 1.165) is 17.8 Å². The third-order valence-electron chi connectivity index (χ3n) is 6.27. The second kappa shape index (κ2) is 11.0. The van der Waals surface area contributed by atoms with Crippen molar-refractivity contribution >= 4 is 29.0 Å². The van der Waals surface area contributed by atoms with Gasteiger partial charge in [0.1, 0.15) is 11.9 Å². The van der Waals surface area contributed by atoms with Crippen LogP contribution in [0.25, 0.3) is 5.69 Å². The number of aromatic nitrogens is 1. The molecule has 40 heavy (non-hydrogen) atoms. The minimum absolute atomic E-state index is 0.0178. The van der Waals surface area contributed by atoms with Crippen molar-refractivity contribution in [2.75, 3.05) is 28.6 Å². The number of halogens is 3. The maximum Gasteiger partial charge on any atom is 0.416 e. The van der Waals surface area contributed by atoms with Crippen LogP contribution in [0.1, 0.15) is 15.9 Å². The third kappa shape index (κ3) is 5.86. The Morgan fingerprint density at radius 1 is 0.875 bits per heavy atom. The Morgan fingerprint density at radius 3 is 2.23 bits per heavy atom. The quantitative estimate of drug-likeness (QED) is 0.179. The molecule has 0 radical (unpaired) electrons. The summed E-state index contributed by atoms with van der Waals surface area (Å²) in [6.07, 6.45) is -1.00. The van der Waals surface area contributed by atoms with E-state index >= 15 is 0 Å². The van der Waals surface area contributed by atoms with Crippen molar-refractivity contribution < 1.29 is 32.7 Å². The lowest BCUT2D eigenvalue weighted by molar-refractivity contribution is -0.137. The van der Waals surface area contributed by atoms with Gasteiger partial charge in [0.15, 0.2) is 0 Å². The topological polar surface area (TPSA) is 108 Å². The molecule has 0 atom stereocenters. The summed E-state index contributed by atoms with van der Waals surface area (Å²) in [5.74, 6) is -0.0383. The molecule has 3 aromatic carbocycles. The van der Waals surface area contributed by atoms with E-state index in [2.05, 4.69) is 15.5 Å². The largest absolute Gasteiger partial charge is 0.487 e. The van der Waals surface area contributed by atoms with Crippen LogP contribution in [0.4, 0.5) is 35.0 Å². The van der Waals surface area contributed by atoms with E-state index in [-0.39, 0.29) is 11.8 Å². The first kappa shape index (κ1) is 26.6. The fourth-order valence-corrected chi connectivity index (χ4v) is 4.37. The molecule has 206 valence electrons. The fourth-order valence-electron chi connectivity index (χ4n) is 4.37. The van der Waals surface area contributed by atoms with Gasteiger partial charge < -0.3 is 24.8 Å². The first-order valence-corrected chi connectivity index (χ1v) is 12.2. The molecular formula is C28H24F3N5O4. The van der Waals surface area contributed by atoms with Gasteiger partial charge in [-0.2, -0.15) is 13.2 Å². The van der Waals surface area contributed by atoms with Crippen molar-refractivity contribution in [2.24, 2.45) is 0 Å². The van der Waals surface area contributed by atoms with Crippen molar-refractivity contribution in [3.8, 4) is 11.4 Å². The smallest absolute Gasteiger partial charge is 0.416 e.